The fourth-order valence-electron chi connectivity index (χ4n) is 1.75. The van der Waals surface area contributed by atoms with Crippen LogP contribution in [-0.4, -0.2) is 28.6 Å². The van der Waals surface area contributed by atoms with Crippen molar-refractivity contribution in [3.63, 3.8) is 0 Å². The van der Waals surface area contributed by atoms with Gasteiger partial charge in [0.15, 0.2) is 0 Å². The number of amides is 1. The molecule has 1 aromatic carbocycles. The van der Waals surface area contributed by atoms with E-state index in [-0.39, 0.29) is 17.6 Å². The van der Waals surface area contributed by atoms with Crippen LogP contribution >= 0.6 is 0 Å². The number of hydrogen-bond donors (Lipinski definition) is 1. The zero-order chi connectivity index (χ0) is 13.3. The van der Waals surface area contributed by atoms with Crippen LogP contribution in [0, 0.1) is 5.92 Å². The molecule has 1 heterocycles. The lowest BCUT2D eigenvalue weighted by molar-refractivity contribution is -0.182. The summed E-state index contributed by atoms with van der Waals surface area (Å²) < 4.78 is 0. The van der Waals surface area contributed by atoms with Gasteiger partial charge in [-0.15, -0.1) is 0 Å². The molecule has 0 fully saturated rings. The maximum Gasteiger partial charge on any atom is 0.335 e. The van der Waals surface area contributed by atoms with Gasteiger partial charge in [0.2, 0.25) is 0 Å². The highest BCUT2D eigenvalue weighted by molar-refractivity contribution is 5.96. The van der Waals surface area contributed by atoms with Crippen LogP contribution in [0.2, 0.25) is 0 Å². The monoisotopic (exact) mass is 249 g/mol. The third-order valence-corrected chi connectivity index (χ3v) is 2.80. The molecule has 1 aliphatic heterocycles. The zero-order valence-electron chi connectivity index (χ0n) is 10.3. The van der Waals surface area contributed by atoms with E-state index in [0.29, 0.717) is 18.5 Å². The van der Waals surface area contributed by atoms with Crippen molar-refractivity contribution in [3.8, 4) is 5.75 Å². The number of hydrogen-bond acceptors (Lipinski definition) is 4. The summed E-state index contributed by atoms with van der Waals surface area (Å²) in [4.78, 5) is 28.6. The summed E-state index contributed by atoms with van der Waals surface area (Å²) in [5, 5.41) is 10.4. The van der Waals surface area contributed by atoms with Gasteiger partial charge >= 0.3 is 5.97 Å². The van der Waals surface area contributed by atoms with E-state index in [9.17, 15) is 14.7 Å². The van der Waals surface area contributed by atoms with Gasteiger partial charge in [-0.05, 0) is 30.2 Å². The van der Waals surface area contributed by atoms with Gasteiger partial charge in [0.05, 0.1) is 12.5 Å². The molecule has 5 heteroatoms. The molecule has 5 nitrogen and oxygen atoms in total. The van der Waals surface area contributed by atoms with Crippen molar-refractivity contribution in [1.29, 1.82) is 0 Å². The second-order valence-electron chi connectivity index (χ2n) is 4.56. The highest BCUT2D eigenvalue weighted by Gasteiger charge is 2.28. The van der Waals surface area contributed by atoms with E-state index in [1.165, 1.54) is 6.07 Å². The number of rotatable bonds is 2. The fourth-order valence-corrected chi connectivity index (χ4v) is 1.75. The number of carbonyl (C=O) groups excluding carboxylic acids is 2. The summed E-state index contributed by atoms with van der Waals surface area (Å²) in [6, 6.07) is 4.56. The molecule has 1 aliphatic rings. The summed E-state index contributed by atoms with van der Waals surface area (Å²) >= 11 is 0. The smallest absolute Gasteiger partial charge is 0.335 e. The van der Waals surface area contributed by atoms with Crippen molar-refractivity contribution in [3.05, 3.63) is 29.3 Å². The molecule has 0 saturated heterocycles. The van der Waals surface area contributed by atoms with E-state index in [1.807, 2.05) is 0 Å². The van der Waals surface area contributed by atoms with Crippen molar-refractivity contribution in [2.75, 3.05) is 6.54 Å². The van der Waals surface area contributed by atoms with E-state index < -0.39 is 5.97 Å². The average Bonchev–Trinajstić information content (AvgIpc) is 2.32. The molecule has 18 heavy (non-hydrogen) atoms. The van der Waals surface area contributed by atoms with E-state index in [4.69, 9.17) is 4.84 Å². The molecule has 0 saturated carbocycles. The maximum absolute atomic E-state index is 12.1. The molecule has 0 aromatic heterocycles. The summed E-state index contributed by atoms with van der Waals surface area (Å²) in [5.41, 5.74) is 1.24. The molecular formula is C13H15NO4. The Morgan fingerprint density at radius 3 is 2.83 bits per heavy atom. The molecule has 0 atom stereocenters. The van der Waals surface area contributed by atoms with Crippen LogP contribution in [-0.2, 0) is 16.1 Å². The molecule has 2 rings (SSSR count). The van der Waals surface area contributed by atoms with Gasteiger partial charge in [0.1, 0.15) is 5.75 Å². The van der Waals surface area contributed by atoms with Crippen molar-refractivity contribution >= 4 is 11.9 Å². The Bertz CT molecular complexity index is 496. The van der Waals surface area contributed by atoms with Gasteiger partial charge in [-0.2, -0.15) is 5.06 Å². The molecule has 0 unspecified atom stereocenters. The quantitative estimate of drug-likeness (QED) is 0.862. The van der Waals surface area contributed by atoms with E-state index in [0.717, 1.165) is 10.6 Å². The van der Waals surface area contributed by atoms with Crippen LogP contribution in [0.5, 0.6) is 5.75 Å². The number of aromatic hydroxyl groups is 1. The van der Waals surface area contributed by atoms with Crippen molar-refractivity contribution in [2.24, 2.45) is 5.92 Å². The molecule has 0 aliphatic carbocycles. The number of fused-ring (bicyclic) bond motifs is 1. The molecule has 0 radical (unpaired) electrons. The number of phenolic OH excluding ortho intramolecular Hbond substituents is 1. The molecule has 0 spiro atoms. The maximum atomic E-state index is 12.1. The number of nitrogens with zero attached hydrogens (tertiary/aromatic N) is 1. The highest BCUT2D eigenvalue weighted by atomic mass is 16.7. The predicted molar refractivity (Wildman–Crippen MR) is 63.8 cm³/mol. The van der Waals surface area contributed by atoms with Crippen molar-refractivity contribution < 1.29 is 19.5 Å². The van der Waals surface area contributed by atoms with Crippen LogP contribution in [0.15, 0.2) is 18.2 Å². The largest absolute Gasteiger partial charge is 0.508 e. The van der Waals surface area contributed by atoms with E-state index in [1.54, 1.807) is 26.0 Å². The number of phenols is 1. The highest BCUT2D eigenvalue weighted by Crippen LogP contribution is 2.23. The van der Waals surface area contributed by atoms with Crippen LogP contribution in [0.3, 0.4) is 0 Å². The molecule has 0 bridgehead atoms. The molecule has 1 amide bonds. The standard InChI is InChI=1S/C13H15NO4/c1-8(2)13(17)18-14-6-5-9-7-10(15)3-4-11(9)12(14)16/h3-4,7-8,15H,5-6H2,1-2H3. The van der Waals surface area contributed by atoms with Crippen molar-refractivity contribution in [2.45, 2.75) is 20.3 Å². The lowest BCUT2D eigenvalue weighted by Gasteiger charge is -2.27. The minimum atomic E-state index is -0.425. The second kappa shape index (κ2) is 4.68. The molecule has 1 N–H and O–H groups in total. The number of carbonyl (C=O) groups is 2. The zero-order valence-corrected chi connectivity index (χ0v) is 10.3. The van der Waals surface area contributed by atoms with Gasteiger partial charge in [-0.3, -0.25) is 4.79 Å². The number of hydroxylamine groups is 2. The third-order valence-electron chi connectivity index (χ3n) is 2.80. The molecule has 1 aromatic rings. The van der Waals surface area contributed by atoms with E-state index >= 15 is 0 Å². The third kappa shape index (κ3) is 2.30. The average molecular weight is 249 g/mol. The van der Waals surface area contributed by atoms with Gasteiger partial charge < -0.3 is 9.94 Å². The Labute approximate surface area is 105 Å². The van der Waals surface area contributed by atoms with Gasteiger partial charge in [-0.25, -0.2) is 4.79 Å². The normalized spacial score (nSPS) is 14.6. The van der Waals surface area contributed by atoms with Gasteiger partial charge in [-0.1, -0.05) is 13.8 Å². The predicted octanol–water partition coefficient (Wildman–Crippen LogP) is 1.50. The minimum Gasteiger partial charge on any atom is -0.508 e. The topological polar surface area (TPSA) is 66.8 Å². The van der Waals surface area contributed by atoms with Gasteiger partial charge in [0, 0.05) is 5.56 Å². The van der Waals surface area contributed by atoms with Gasteiger partial charge in [0.25, 0.3) is 5.91 Å². The summed E-state index contributed by atoms with van der Waals surface area (Å²) in [6.07, 6.45) is 0.556. The Kier molecular flexibility index (Phi) is 3.23. The Hall–Kier alpha value is -2.04. The summed E-state index contributed by atoms with van der Waals surface area (Å²) in [6.45, 7) is 3.74. The molecule has 96 valence electrons. The first-order valence-electron chi connectivity index (χ1n) is 5.84. The van der Waals surface area contributed by atoms with Crippen LogP contribution < -0.4 is 0 Å². The Morgan fingerprint density at radius 2 is 2.17 bits per heavy atom. The second-order valence-corrected chi connectivity index (χ2v) is 4.56. The van der Waals surface area contributed by atoms with Crippen molar-refractivity contribution in [1.82, 2.24) is 5.06 Å². The summed E-state index contributed by atoms with van der Waals surface area (Å²) in [7, 11) is 0. The first-order chi connectivity index (χ1) is 8.49. The first-order valence-corrected chi connectivity index (χ1v) is 5.84. The van der Waals surface area contributed by atoms with Crippen LogP contribution in [0.25, 0.3) is 0 Å². The number of benzene rings is 1. The SMILES string of the molecule is CC(C)C(=O)ON1CCc2cc(O)ccc2C1=O. The Balaban J connectivity index is 2.18. The lowest BCUT2D eigenvalue weighted by Crippen LogP contribution is -2.40. The fraction of sp³-hybridized carbons (Fsp3) is 0.385. The Morgan fingerprint density at radius 1 is 1.44 bits per heavy atom. The van der Waals surface area contributed by atoms with Crippen LogP contribution in [0.1, 0.15) is 29.8 Å². The molecular weight excluding hydrogens is 234 g/mol. The van der Waals surface area contributed by atoms with E-state index in [2.05, 4.69) is 0 Å². The first kappa shape index (κ1) is 12.4. The van der Waals surface area contributed by atoms with Crippen LogP contribution in [0.4, 0.5) is 0 Å². The minimum absolute atomic E-state index is 0.133. The lowest BCUT2D eigenvalue weighted by atomic mass is 10.00. The summed E-state index contributed by atoms with van der Waals surface area (Å²) in [5.74, 6) is -0.913.